The van der Waals surface area contributed by atoms with E-state index in [4.69, 9.17) is 5.73 Å². The maximum Gasteiger partial charge on any atom is 0.254 e. The maximum absolute atomic E-state index is 12.9. The fourth-order valence-corrected chi connectivity index (χ4v) is 3.18. The molecule has 3 rings (SSSR count). The number of nitrogens with one attached hydrogen (secondary N) is 1. The first-order chi connectivity index (χ1) is 13.2. The van der Waals surface area contributed by atoms with Crippen LogP contribution in [0, 0.1) is 5.92 Å². The van der Waals surface area contributed by atoms with Crippen LogP contribution in [0.25, 0.3) is 0 Å². The van der Waals surface area contributed by atoms with Crippen molar-refractivity contribution in [1.82, 2.24) is 4.90 Å². The van der Waals surface area contributed by atoms with Gasteiger partial charge in [0.25, 0.3) is 5.91 Å². The van der Waals surface area contributed by atoms with Crippen LogP contribution in [0.5, 0.6) is 0 Å². The summed E-state index contributed by atoms with van der Waals surface area (Å²) in [7, 11) is 0. The van der Waals surface area contributed by atoms with E-state index in [1.807, 2.05) is 59.5 Å². The largest absolute Gasteiger partial charge is 0.334 e. The Kier molecular flexibility index (Phi) is 6.60. The lowest BCUT2D eigenvalue weighted by atomic mass is 9.85. The number of carbonyl (C=O) groups excluding carboxylic acids is 2. The summed E-state index contributed by atoms with van der Waals surface area (Å²) in [4.78, 5) is 26.9. The van der Waals surface area contributed by atoms with Crippen LogP contribution in [0.4, 0.5) is 5.69 Å². The third-order valence-corrected chi connectivity index (χ3v) is 4.98. The van der Waals surface area contributed by atoms with Gasteiger partial charge in [-0.25, -0.2) is 0 Å². The molecule has 5 heteroatoms. The quantitative estimate of drug-likeness (QED) is 0.753. The van der Waals surface area contributed by atoms with E-state index >= 15 is 0 Å². The summed E-state index contributed by atoms with van der Waals surface area (Å²) in [5.41, 5.74) is 8.10. The number of nitrogens with two attached hydrogens (primary N) is 1. The van der Waals surface area contributed by atoms with E-state index in [0.717, 1.165) is 36.9 Å². The summed E-state index contributed by atoms with van der Waals surface area (Å²) in [5, 5.41) is 3.00. The van der Waals surface area contributed by atoms with Gasteiger partial charge in [-0.15, -0.1) is 0 Å². The van der Waals surface area contributed by atoms with Gasteiger partial charge in [-0.2, -0.15) is 0 Å². The Morgan fingerprint density at radius 1 is 1.07 bits per heavy atom. The number of rotatable bonds is 8. The molecule has 142 valence electrons. The van der Waals surface area contributed by atoms with Crippen LogP contribution in [-0.4, -0.2) is 29.8 Å². The molecule has 0 saturated heterocycles. The highest BCUT2D eigenvalue weighted by Gasteiger charge is 2.25. The lowest BCUT2D eigenvalue weighted by molar-refractivity contribution is -0.122. The van der Waals surface area contributed by atoms with Gasteiger partial charge in [-0.3, -0.25) is 9.59 Å². The van der Waals surface area contributed by atoms with Gasteiger partial charge in [0, 0.05) is 30.3 Å². The molecular weight excluding hydrogens is 338 g/mol. The molecule has 0 atom stereocenters. The first kappa shape index (κ1) is 19.1. The van der Waals surface area contributed by atoms with E-state index in [1.54, 1.807) is 0 Å². The second-order valence-corrected chi connectivity index (χ2v) is 7.05. The smallest absolute Gasteiger partial charge is 0.254 e. The average Bonchev–Trinajstić information content (AvgIpc) is 2.64. The highest BCUT2D eigenvalue weighted by molar-refractivity contribution is 5.94. The van der Waals surface area contributed by atoms with E-state index in [-0.39, 0.29) is 17.7 Å². The molecule has 0 unspecified atom stereocenters. The van der Waals surface area contributed by atoms with Gasteiger partial charge in [0.1, 0.15) is 0 Å². The molecule has 0 heterocycles. The summed E-state index contributed by atoms with van der Waals surface area (Å²) >= 11 is 0. The van der Waals surface area contributed by atoms with Gasteiger partial charge in [0.15, 0.2) is 0 Å². The highest BCUT2D eigenvalue weighted by atomic mass is 16.2. The molecule has 5 nitrogen and oxygen atoms in total. The lowest BCUT2D eigenvalue weighted by Crippen LogP contribution is -2.32. The van der Waals surface area contributed by atoms with Gasteiger partial charge in [0.05, 0.1) is 0 Å². The summed E-state index contributed by atoms with van der Waals surface area (Å²) in [6.45, 7) is 1.62. The fraction of sp³-hybridized carbons (Fsp3) is 0.364. The van der Waals surface area contributed by atoms with Crippen LogP contribution in [0.3, 0.4) is 0 Å². The van der Waals surface area contributed by atoms with E-state index in [9.17, 15) is 9.59 Å². The minimum atomic E-state index is -0.00652. The predicted molar refractivity (Wildman–Crippen MR) is 107 cm³/mol. The second-order valence-electron chi connectivity index (χ2n) is 7.05. The minimum Gasteiger partial charge on any atom is -0.334 e. The van der Waals surface area contributed by atoms with Crippen molar-refractivity contribution in [2.24, 2.45) is 11.7 Å². The molecule has 0 radical (unpaired) electrons. The second kappa shape index (κ2) is 9.33. The summed E-state index contributed by atoms with van der Waals surface area (Å²) in [6, 6.07) is 17.0. The average molecular weight is 365 g/mol. The fourth-order valence-electron chi connectivity index (χ4n) is 3.18. The van der Waals surface area contributed by atoms with E-state index in [0.29, 0.717) is 25.2 Å². The first-order valence-electron chi connectivity index (χ1n) is 9.61. The highest BCUT2D eigenvalue weighted by Crippen LogP contribution is 2.27. The molecule has 1 aliphatic carbocycles. The zero-order valence-corrected chi connectivity index (χ0v) is 15.6. The molecule has 0 aromatic heterocycles. The molecule has 0 spiro atoms. The van der Waals surface area contributed by atoms with Crippen molar-refractivity contribution in [3.8, 4) is 0 Å². The zero-order chi connectivity index (χ0) is 19.1. The van der Waals surface area contributed by atoms with Crippen molar-refractivity contribution in [2.45, 2.75) is 32.2 Å². The van der Waals surface area contributed by atoms with Crippen molar-refractivity contribution in [2.75, 3.05) is 18.4 Å². The lowest BCUT2D eigenvalue weighted by Gasteiger charge is -2.25. The Morgan fingerprint density at radius 2 is 1.85 bits per heavy atom. The van der Waals surface area contributed by atoms with Crippen LogP contribution >= 0.6 is 0 Å². The van der Waals surface area contributed by atoms with Gasteiger partial charge in [-0.1, -0.05) is 36.8 Å². The first-order valence-corrected chi connectivity index (χ1v) is 9.61. The van der Waals surface area contributed by atoms with Gasteiger partial charge >= 0.3 is 0 Å². The number of anilines is 1. The monoisotopic (exact) mass is 365 g/mol. The number of hydrogen-bond donors (Lipinski definition) is 2. The third-order valence-electron chi connectivity index (χ3n) is 4.98. The molecular formula is C22H27N3O2. The van der Waals surface area contributed by atoms with Gasteiger partial charge in [0.2, 0.25) is 5.91 Å². The van der Waals surface area contributed by atoms with E-state index in [1.165, 1.54) is 0 Å². The molecule has 1 saturated carbocycles. The zero-order valence-electron chi connectivity index (χ0n) is 15.6. The number of nitrogens with zero attached hydrogens (tertiary/aromatic N) is 1. The van der Waals surface area contributed by atoms with Crippen molar-refractivity contribution in [3.05, 3.63) is 65.7 Å². The molecule has 2 amide bonds. The molecule has 1 aliphatic rings. The number of amides is 2. The van der Waals surface area contributed by atoms with Crippen molar-refractivity contribution < 1.29 is 9.59 Å². The Labute approximate surface area is 160 Å². The van der Waals surface area contributed by atoms with Crippen molar-refractivity contribution in [3.63, 3.8) is 0 Å². The van der Waals surface area contributed by atoms with E-state index < -0.39 is 0 Å². The number of benzene rings is 2. The van der Waals surface area contributed by atoms with E-state index in [2.05, 4.69) is 5.32 Å². The van der Waals surface area contributed by atoms with Crippen LogP contribution in [0.2, 0.25) is 0 Å². The van der Waals surface area contributed by atoms with Crippen molar-refractivity contribution in [1.29, 1.82) is 0 Å². The molecule has 1 fully saturated rings. The SMILES string of the molecule is NCCCN(Cc1cccc(NC(=O)C2CCC2)c1)C(=O)c1ccccc1. The summed E-state index contributed by atoms with van der Waals surface area (Å²) in [6.07, 6.45) is 3.83. The van der Waals surface area contributed by atoms with Crippen LogP contribution in [-0.2, 0) is 11.3 Å². The van der Waals surface area contributed by atoms with Crippen LogP contribution < -0.4 is 11.1 Å². The molecule has 0 aliphatic heterocycles. The topological polar surface area (TPSA) is 75.4 Å². The standard InChI is InChI=1S/C22H27N3O2/c23-13-6-14-25(22(27)19-8-2-1-3-9-19)16-17-7-4-12-20(15-17)24-21(26)18-10-5-11-18/h1-4,7-9,12,15,18H,5-6,10-11,13-14,16,23H2,(H,24,26). The minimum absolute atomic E-state index is 0.00652. The molecule has 0 bridgehead atoms. The summed E-state index contributed by atoms with van der Waals surface area (Å²) < 4.78 is 0. The maximum atomic E-state index is 12.9. The molecule has 27 heavy (non-hydrogen) atoms. The van der Waals surface area contributed by atoms with Gasteiger partial charge in [-0.05, 0) is 55.6 Å². The molecule has 2 aromatic carbocycles. The van der Waals surface area contributed by atoms with Crippen LogP contribution in [0.1, 0.15) is 41.6 Å². The third kappa shape index (κ3) is 5.17. The molecule has 3 N–H and O–H groups in total. The van der Waals surface area contributed by atoms with Crippen molar-refractivity contribution >= 4 is 17.5 Å². The summed E-state index contributed by atoms with van der Waals surface area (Å²) in [5.74, 6) is 0.237. The van der Waals surface area contributed by atoms with Gasteiger partial charge < -0.3 is 16.0 Å². The molecule has 2 aromatic rings. The Bertz CT molecular complexity index is 772. The normalized spacial score (nSPS) is 13.7. The Morgan fingerprint density at radius 3 is 2.52 bits per heavy atom. The Hall–Kier alpha value is -2.66. The number of carbonyl (C=O) groups is 2. The predicted octanol–water partition coefficient (Wildman–Crippen LogP) is 3.42. The van der Waals surface area contributed by atoms with Crippen LogP contribution in [0.15, 0.2) is 54.6 Å². The Balaban J connectivity index is 1.70. The number of hydrogen-bond acceptors (Lipinski definition) is 3.